The molecule has 0 aromatic rings. The molecule has 10 heteroatoms. The summed E-state index contributed by atoms with van der Waals surface area (Å²) in [7, 11) is 0. The Morgan fingerprint density at radius 3 is 1.12 bits per heavy atom. The Bertz CT molecular complexity index is 405. The predicted octanol–water partition coefficient (Wildman–Crippen LogP) is 4.35. The fraction of sp³-hybridized carbons (Fsp3) is 0.429. The molecule has 0 heterocycles. The number of halogens is 8. The Labute approximate surface area is 136 Å². The highest BCUT2D eigenvalue weighted by Gasteiger charge is 2.75. The first kappa shape index (κ1) is 16.5. The van der Waals surface area contributed by atoms with Gasteiger partial charge in [0.15, 0.2) is 14.1 Å². The van der Waals surface area contributed by atoms with Crippen molar-refractivity contribution in [3.63, 3.8) is 0 Å². The van der Waals surface area contributed by atoms with Gasteiger partial charge >= 0.3 is 0 Å². The first-order valence-electron chi connectivity index (χ1n) is 3.67. The molecule has 0 saturated carbocycles. The minimum absolute atomic E-state index is 0.546. The molecular weight excluding hydrogens is 400 g/mol. The summed E-state index contributed by atoms with van der Waals surface area (Å²) in [4.78, 5) is 17.9. The van der Waals surface area contributed by atoms with Gasteiger partial charge in [0.2, 0.25) is 0 Å². The normalized spacial score (nSPS) is 36.2. The quantitative estimate of drug-likeness (QED) is 0.511. The van der Waals surface area contributed by atoms with E-state index in [-0.39, 0.29) is 0 Å². The summed E-state index contributed by atoms with van der Waals surface area (Å²) in [6.45, 7) is 0. The molecule has 0 unspecified atom stereocenters. The van der Waals surface area contributed by atoms with Gasteiger partial charge in [0, 0.05) is 0 Å². The summed E-state index contributed by atoms with van der Waals surface area (Å²) in [5, 5.41) is -3.58. The lowest BCUT2D eigenvalue weighted by atomic mass is 10.0. The highest BCUT2D eigenvalue weighted by atomic mass is 35.5. The zero-order valence-electron chi connectivity index (χ0n) is 7.34. The van der Waals surface area contributed by atoms with Crippen molar-refractivity contribution in [2.45, 2.75) is 14.1 Å². The highest BCUT2D eigenvalue weighted by molar-refractivity contribution is 6.83. The van der Waals surface area contributed by atoms with E-state index in [0.717, 1.165) is 0 Å². The maximum Gasteiger partial charge on any atom is 0.251 e. The Balaban J connectivity index is 3.67. The summed E-state index contributed by atoms with van der Waals surface area (Å²) in [6.07, 6.45) is 0. The summed E-state index contributed by atoms with van der Waals surface area (Å²) in [5.41, 5.74) is 0. The van der Waals surface area contributed by atoms with Crippen molar-refractivity contribution >= 4 is 103 Å². The van der Waals surface area contributed by atoms with E-state index >= 15 is 0 Å². The predicted molar refractivity (Wildman–Crippen MR) is 72.1 cm³/mol. The van der Waals surface area contributed by atoms with Crippen LogP contribution < -0.4 is 0 Å². The van der Waals surface area contributed by atoms with E-state index in [4.69, 9.17) is 92.8 Å². The molecular formula is C7Cl8O2. The minimum Gasteiger partial charge on any atom is -0.279 e. The van der Waals surface area contributed by atoms with Crippen molar-refractivity contribution in [3.8, 4) is 0 Å². The van der Waals surface area contributed by atoms with Crippen molar-refractivity contribution in [2.75, 3.05) is 0 Å². The van der Waals surface area contributed by atoms with Crippen molar-refractivity contribution < 1.29 is 9.59 Å². The maximum atomic E-state index is 11.3. The lowest BCUT2D eigenvalue weighted by Gasteiger charge is -2.35. The van der Waals surface area contributed by atoms with Crippen LogP contribution in [-0.2, 0) is 9.59 Å². The van der Waals surface area contributed by atoms with E-state index in [2.05, 4.69) is 0 Å². The van der Waals surface area contributed by atoms with Crippen molar-refractivity contribution in [1.29, 1.82) is 0 Å². The largest absolute Gasteiger partial charge is 0.279 e. The standard InChI is InChI=1S/C7Cl8O2/c8-1-2(9)6(13,4(11)17)7(14,15)5(1,12)3(10)16/t5-,6-/m0/s1. The average molecular weight is 400 g/mol. The first-order valence-corrected chi connectivity index (χ1v) is 6.69. The number of rotatable bonds is 2. The highest BCUT2D eigenvalue weighted by Crippen LogP contribution is 2.65. The van der Waals surface area contributed by atoms with E-state index in [1.165, 1.54) is 0 Å². The summed E-state index contributed by atoms with van der Waals surface area (Å²) in [5.74, 6) is 0. The summed E-state index contributed by atoms with van der Waals surface area (Å²) < 4.78 is -2.44. The molecule has 17 heavy (non-hydrogen) atoms. The number of hydrogen-bond acceptors (Lipinski definition) is 2. The van der Waals surface area contributed by atoms with Gasteiger partial charge in [-0.25, -0.2) is 0 Å². The zero-order chi connectivity index (χ0) is 13.8. The van der Waals surface area contributed by atoms with Crippen LogP contribution in [0.4, 0.5) is 0 Å². The molecule has 1 aliphatic carbocycles. The van der Waals surface area contributed by atoms with Gasteiger partial charge in [0.25, 0.3) is 10.5 Å². The van der Waals surface area contributed by atoms with Gasteiger partial charge in [-0.1, -0.05) is 69.6 Å². The number of carbonyl (C=O) groups is 2. The average Bonchev–Trinajstić information content (AvgIpc) is 2.31. The third-order valence-electron chi connectivity index (χ3n) is 2.20. The molecule has 1 aliphatic rings. The number of hydrogen-bond donors (Lipinski definition) is 0. The molecule has 1 rings (SSSR count). The number of carbonyl (C=O) groups excluding carboxylic acids is 2. The van der Waals surface area contributed by atoms with Crippen molar-refractivity contribution in [2.24, 2.45) is 0 Å². The lowest BCUT2D eigenvalue weighted by Crippen LogP contribution is -2.55. The fourth-order valence-corrected chi connectivity index (χ4v) is 4.27. The Morgan fingerprint density at radius 1 is 0.765 bits per heavy atom. The molecule has 0 amide bonds. The molecule has 0 aromatic heterocycles. The summed E-state index contributed by atoms with van der Waals surface area (Å²) >= 11 is 45.4. The summed E-state index contributed by atoms with van der Waals surface area (Å²) in [6, 6.07) is 0. The van der Waals surface area contributed by atoms with Gasteiger partial charge in [-0.05, 0) is 23.2 Å². The molecule has 0 saturated heterocycles. The topological polar surface area (TPSA) is 34.1 Å². The molecule has 2 atom stereocenters. The smallest absolute Gasteiger partial charge is 0.251 e. The number of allylic oxidation sites excluding steroid dienone is 2. The van der Waals surface area contributed by atoms with Gasteiger partial charge in [-0.2, -0.15) is 0 Å². The SMILES string of the molecule is O=C(Cl)[C@@]1(Cl)C(Cl)=C(Cl)[C@](Cl)(C(=O)Cl)C1(Cl)Cl. The van der Waals surface area contributed by atoms with E-state index in [1.54, 1.807) is 0 Å². The van der Waals surface area contributed by atoms with Crippen LogP contribution in [-0.4, -0.2) is 24.6 Å². The zero-order valence-corrected chi connectivity index (χ0v) is 13.4. The van der Waals surface area contributed by atoms with Crippen molar-refractivity contribution in [1.82, 2.24) is 0 Å². The molecule has 0 N–H and O–H groups in total. The van der Waals surface area contributed by atoms with E-state index in [1.807, 2.05) is 0 Å². The molecule has 2 nitrogen and oxygen atoms in total. The van der Waals surface area contributed by atoms with Gasteiger partial charge < -0.3 is 0 Å². The van der Waals surface area contributed by atoms with Crippen LogP contribution in [0.3, 0.4) is 0 Å². The van der Waals surface area contributed by atoms with Crippen LogP contribution in [0.2, 0.25) is 0 Å². The Morgan fingerprint density at radius 2 is 1.00 bits per heavy atom. The molecule has 0 bridgehead atoms. The second-order valence-electron chi connectivity index (χ2n) is 3.07. The first-order chi connectivity index (χ1) is 7.45. The van der Waals surface area contributed by atoms with Crippen LogP contribution in [0.5, 0.6) is 0 Å². The molecule has 0 aromatic carbocycles. The van der Waals surface area contributed by atoms with Gasteiger partial charge in [-0.15, -0.1) is 0 Å². The van der Waals surface area contributed by atoms with Crippen LogP contribution in [0, 0.1) is 0 Å². The lowest BCUT2D eigenvalue weighted by molar-refractivity contribution is -0.114. The molecule has 0 aliphatic heterocycles. The van der Waals surface area contributed by atoms with Crippen LogP contribution >= 0.6 is 92.8 Å². The van der Waals surface area contributed by atoms with Gasteiger partial charge in [0.05, 0.1) is 10.1 Å². The van der Waals surface area contributed by atoms with Crippen molar-refractivity contribution in [3.05, 3.63) is 10.1 Å². The van der Waals surface area contributed by atoms with Gasteiger partial charge in [-0.3, -0.25) is 9.59 Å². The molecule has 0 fully saturated rings. The minimum atomic E-state index is -2.44. The fourth-order valence-electron chi connectivity index (χ4n) is 1.23. The molecule has 0 spiro atoms. The second-order valence-corrected chi connectivity index (χ2v) is 6.97. The second kappa shape index (κ2) is 4.75. The molecule has 0 radical (unpaired) electrons. The van der Waals surface area contributed by atoms with E-state index < -0.39 is 34.6 Å². The van der Waals surface area contributed by atoms with E-state index in [9.17, 15) is 9.59 Å². The van der Waals surface area contributed by atoms with Crippen LogP contribution in [0.1, 0.15) is 0 Å². The molecule has 96 valence electrons. The third kappa shape index (κ3) is 1.84. The van der Waals surface area contributed by atoms with Crippen LogP contribution in [0.15, 0.2) is 10.1 Å². The monoisotopic (exact) mass is 396 g/mol. The number of alkyl halides is 4. The van der Waals surface area contributed by atoms with Crippen LogP contribution in [0.25, 0.3) is 0 Å². The Kier molecular flexibility index (Phi) is 4.59. The van der Waals surface area contributed by atoms with E-state index in [0.29, 0.717) is 0 Å². The third-order valence-corrected chi connectivity index (χ3v) is 7.01. The maximum absolute atomic E-state index is 11.3. The Hall–Kier alpha value is 1.40. The van der Waals surface area contributed by atoms with Gasteiger partial charge in [0.1, 0.15) is 0 Å².